The topological polar surface area (TPSA) is 20.2 Å². The number of hydrogen-bond acceptors (Lipinski definition) is 1. The highest BCUT2D eigenvalue weighted by atomic mass is 35.5. The summed E-state index contributed by atoms with van der Waals surface area (Å²) in [6, 6.07) is 0. The van der Waals surface area contributed by atoms with Crippen LogP contribution in [0.2, 0.25) is 0 Å². The van der Waals surface area contributed by atoms with Crippen molar-refractivity contribution in [2.75, 3.05) is 6.61 Å². The summed E-state index contributed by atoms with van der Waals surface area (Å²) in [5, 5.41) is 6.99. The minimum Gasteiger partial charge on any atom is -0.392 e. The van der Waals surface area contributed by atoms with Gasteiger partial charge in [0.25, 0.3) is 0 Å². The fourth-order valence-corrected chi connectivity index (χ4v) is 0.371. The SMILES string of the molecule is CC(CO)=C(Cl)C(F)(F)F. The molecule has 0 amide bonds. The number of rotatable bonds is 1. The molecule has 10 heavy (non-hydrogen) atoms. The third-order valence-corrected chi connectivity index (χ3v) is 1.40. The van der Waals surface area contributed by atoms with Crippen molar-refractivity contribution in [1.29, 1.82) is 0 Å². The first-order valence-corrected chi connectivity index (χ1v) is 2.80. The molecule has 0 bridgehead atoms. The lowest BCUT2D eigenvalue weighted by atomic mass is 10.3. The Kier molecular flexibility index (Phi) is 3.18. The molecule has 0 radical (unpaired) electrons. The van der Waals surface area contributed by atoms with Gasteiger partial charge in [0, 0.05) is 0 Å². The van der Waals surface area contributed by atoms with Gasteiger partial charge in [-0.05, 0) is 12.5 Å². The van der Waals surface area contributed by atoms with Crippen LogP contribution in [0.15, 0.2) is 10.6 Å². The molecule has 0 saturated heterocycles. The lowest BCUT2D eigenvalue weighted by Gasteiger charge is -2.06. The molecule has 0 aromatic carbocycles. The van der Waals surface area contributed by atoms with Crippen molar-refractivity contribution in [2.45, 2.75) is 13.1 Å². The lowest BCUT2D eigenvalue weighted by molar-refractivity contribution is -0.0856. The molecule has 0 saturated carbocycles. The van der Waals surface area contributed by atoms with Crippen molar-refractivity contribution < 1.29 is 18.3 Å². The van der Waals surface area contributed by atoms with Gasteiger partial charge in [0.2, 0.25) is 0 Å². The Morgan fingerprint density at radius 2 is 1.90 bits per heavy atom. The van der Waals surface area contributed by atoms with Gasteiger partial charge in [-0.15, -0.1) is 0 Å². The summed E-state index contributed by atoms with van der Waals surface area (Å²) < 4.78 is 34.8. The van der Waals surface area contributed by atoms with E-state index in [2.05, 4.69) is 0 Å². The molecule has 0 fully saturated rings. The van der Waals surface area contributed by atoms with E-state index in [4.69, 9.17) is 16.7 Å². The van der Waals surface area contributed by atoms with Gasteiger partial charge < -0.3 is 5.11 Å². The molecule has 0 aromatic rings. The Balaban J connectivity index is 4.47. The molecule has 0 spiro atoms. The minimum absolute atomic E-state index is 0.269. The molecular weight excluding hydrogens is 169 g/mol. The van der Waals surface area contributed by atoms with Crippen LogP contribution in [0.5, 0.6) is 0 Å². The van der Waals surface area contributed by atoms with Gasteiger partial charge in [-0.1, -0.05) is 11.6 Å². The maximum absolute atomic E-state index is 11.6. The van der Waals surface area contributed by atoms with Crippen molar-refractivity contribution in [1.82, 2.24) is 0 Å². The average molecular weight is 175 g/mol. The third-order valence-electron chi connectivity index (χ3n) is 0.861. The predicted octanol–water partition coefficient (Wildman–Crippen LogP) is 2.05. The van der Waals surface area contributed by atoms with E-state index >= 15 is 0 Å². The zero-order chi connectivity index (χ0) is 8.36. The summed E-state index contributed by atoms with van der Waals surface area (Å²) in [7, 11) is 0. The predicted molar refractivity (Wildman–Crippen MR) is 31.7 cm³/mol. The second kappa shape index (κ2) is 3.25. The lowest BCUT2D eigenvalue weighted by Crippen LogP contribution is -2.10. The van der Waals surface area contributed by atoms with Crippen molar-refractivity contribution in [3.05, 3.63) is 10.6 Å². The van der Waals surface area contributed by atoms with Crippen LogP contribution in [0.1, 0.15) is 6.92 Å². The third kappa shape index (κ3) is 2.58. The molecule has 0 atom stereocenters. The number of aliphatic hydroxyl groups excluding tert-OH is 1. The molecule has 0 rings (SSSR count). The summed E-state index contributed by atoms with van der Waals surface area (Å²) in [6.45, 7) is 0.453. The summed E-state index contributed by atoms with van der Waals surface area (Å²) in [5.74, 6) is 0. The molecular formula is C5H6ClF3O. The Bertz CT molecular complexity index is 149. The standard InChI is InChI=1S/C5H6ClF3O/c1-3(2-10)4(6)5(7,8)9/h10H,2H2,1H3. The van der Waals surface area contributed by atoms with Crippen LogP contribution >= 0.6 is 11.6 Å². The fourth-order valence-electron chi connectivity index (χ4n) is 0.311. The first kappa shape index (κ1) is 9.78. The maximum atomic E-state index is 11.6. The summed E-state index contributed by atoms with van der Waals surface area (Å²) in [6.07, 6.45) is -4.53. The van der Waals surface area contributed by atoms with Gasteiger partial charge in [0.15, 0.2) is 0 Å². The van der Waals surface area contributed by atoms with Crippen molar-refractivity contribution >= 4 is 11.6 Å². The van der Waals surface area contributed by atoms with E-state index in [-0.39, 0.29) is 5.57 Å². The molecule has 0 aliphatic rings. The maximum Gasteiger partial charge on any atom is 0.426 e. The van der Waals surface area contributed by atoms with E-state index in [0.29, 0.717) is 0 Å². The molecule has 0 aliphatic carbocycles. The summed E-state index contributed by atoms with van der Waals surface area (Å²) >= 11 is 4.80. The molecule has 1 nitrogen and oxygen atoms in total. The van der Waals surface area contributed by atoms with Crippen LogP contribution in [0.3, 0.4) is 0 Å². The first-order chi connectivity index (χ1) is 4.39. The van der Waals surface area contributed by atoms with E-state index in [1.807, 2.05) is 0 Å². The second-order valence-corrected chi connectivity index (χ2v) is 2.13. The van der Waals surface area contributed by atoms with Crippen molar-refractivity contribution in [2.24, 2.45) is 0 Å². The first-order valence-electron chi connectivity index (χ1n) is 2.43. The zero-order valence-electron chi connectivity index (χ0n) is 5.17. The number of hydrogen-bond donors (Lipinski definition) is 1. The van der Waals surface area contributed by atoms with Crippen LogP contribution in [-0.4, -0.2) is 17.9 Å². The highest BCUT2D eigenvalue weighted by Gasteiger charge is 2.33. The van der Waals surface area contributed by atoms with Crippen LogP contribution in [0, 0.1) is 0 Å². The van der Waals surface area contributed by atoms with E-state index < -0.39 is 17.8 Å². The van der Waals surface area contributed by atoms with E-state index in [9.17, 15) is 13.2 Å². The van der Waals surface area contributed by atoms with Crippen LogP contribution in [0.25, 0.3) is 0 Å². The monoisotopic (exact) mass is 174 g/mol. The Hall–Kier alpha value is -0.220. The van der Waals surface area contributed by atoms with Gasteiger partial charge in [-0.3, -0.25) is 0 Å². The zero-order valence-corrected chi connectivity index (χ0v) is 5.92. The van der Waals surface area contributed by atoms with E-state index in [1.165, 1.54) is 0 Å². The number of alkyl halides is 3. The largest absolute Gasteiger partial charge is 0.426 e. The minimum atomic E-state index is -4.53. The van der Waals surface area contributed by atoms with E-state index in [0.717, 1.165) is 6.92 Å². The molecule has 1 N–H and O–H groups in total. The van der Waals surface area contributed by atoms with Crippen molar-refractivity contribution in [3.8, 4) is 0 Å². The molecule has 60 valence electrons. The van der Waals surface area contributed by atoms with Crippen LogP contribution < -0.4 is 0 Å². The fraction of sp³-hybridized carbons (Fsp3) is 0.600. The van der Waals surface area contributed by atoms with Crippen molar-refractivity contribution in [3.63, 3.8) is 0 Å². The van der Waals surface area contributed by atoms with Gasteiger partial charge in [-0.2, -0.15) is 13.2 Å². The van der Waals surface area contributed by atoms with Gasteiger partial charge in [-0.25, -0.2) is 0 Å². The molecule has 0 aromatic heterocycles. The number of aliphatic hydroxyl groups is 1. The van der Waals surface area contributed by atoms with Gasteiger partial charge >= 0.3 is 6.18 Å². The molecule has 0 heterocycles. The highest BCUT2D eigenvalue weighted by Crippen LogP contribution is 2.30. The van der Waals surface area contributed by atoms with Crippen LogP contribution in [0.4, 0.5) is 13.2 Å². The van der Waals surface area contributed by atoms with E-state index in [1.54, 1.807) is 0 Å². The molecule has 5 heteroatoms. The number of allylic oxidation sites excluding steroid dienone is 1. The molecule has 0 aliphatic heterocycles. The average Bonchev–Trinajstić information content (AvgIpc) is 1.83. The Morgan fingerprint density at radius 1 is 1.50 bits per heavy atom. The smallest absolute Gasteiger partial charge is 0.392 e. The summed E-state index contributed by atoms with van der Waals surface area (Å²) in [5.41, 5.74) is -0.269. The highest BCUT2D eigenvalue weighted by molar-refractivity contribution is 6.30. The van der Waals surface area contributed by atoms with Gasteiger partial charge in [0.05, 0.1) is 6.61 Å². The second-order valence-electron chi connectivity index (χ2n) is 1.75. The quantitative estimate of drug-likeness (QED) is 0.645. The Morgan fingerprint density at radius 3 is 2.00 bits per heavy atom. The number of halogens is 4. The normalized spacial score (nSPS) is 15.0. The summed E-state index contributed by atoms with van der Waals surface area (Å²) in [4.78, 5) is 0. The molecule has 0 unspecified atom stereocenters. The van der Waals surface area contributed by atoms with Gasteiger partial charge in [0.1, 0.15) is 5.03 Å². The Labute approximate surface area is 61.1 Å². The van der Waals surface area contributed by atoms with Crippen LogP contribution in [-0.2, 0) is 0 Å².